The first-order valence-corrected chi connectivity index (χ1v) is 10.0. The molecule has 5 nitrogen and oxygen atoms in total. The molecule has 0 unspecified atom stereocenters. The van der Waals surface area contributed by atoms with Gasteiger partial charge in [-0.2, -0.15) is 0 Å². The van der Waals surface area contributed by atoms with Crippen LogP contribution in [0.25, 0.3) is 0 Å². The van der Waals surface area contributed by atoms with Gasteiger partial charge in [-0.15, -0.1) is 0 Å². The molecule has 3 N–H and O–H groups in total. The maximum Gasteiger partial charge on any atom is 0.326 e. The molecule has 0 aliphatic heterocycles. The summed E-state index contributed by atoms with van der Waals surface area (Å²) in [6, 6.07) is 5.31. The number of rotatable bonds is 14. The normalized spacial score (nSPS) is 12.2. The van der Waals surface area contributed by atoms with Crippen molar-refractivity contribution in [3.05, 3.63) is 42.0 Å². The minimum atomic E-state index is -1.08. The van der Waals surface area contributed by atoms with E-state index in [0.717, 1.165) is 24.8 Å². The summed E-state index contributed by atoms with van der Waals surface area (Å²) in [6.45, 7) is 2.22. The number of carboxylic acids is 1. The lowest BCUT2D eigenvalue weighted by molar-refractivity contribution is -0.141. The van der Waals surface area contributed by atoms with E-state index in [-0.39, 0.29) is 18.1 Å². The molecule has 0 spiro atoms. The second-order valence-electron chi connectivity index (χ2n) is 6.94. The third-order valence-corrected chi connectivity index (χ3v) is 4.48. The summed E-state index contributed by atoms with van der Waals surface area (Å²) in [5, 5.41) is 21.1. The number of phenolic OH excluding ortho intramolecular Hbond substituents is 1. The van der Waals surface area contributed by atoms with Crippen LogP contribution in [-0.2, 0) is 16.0 Å². The zero-order valence-corrected chi connectivity index (χ0v) is 16.3. The van der Waals surface area contributed by atoms with E-state index in [9.17, 15) is 19.8 Å². The Labute approximate surface area is 162 Å². The van der Waals surface area contributed by atoms with Gasteiger partial charge in [0.1, 0.15) is 11.8 Å². The molecule has 0 heterocycles. The maximum atomic E-state index is 11.9. The fraction of sp³-hybridized carbons (Fsp3) is 0.545. The summed E-state index contributed by atoms with van der Waals surface area (Å²) < 4.78 is 0. The molecule has 5 heteroatoms. The molecule has 0 bridgehead atoms. The van der Waals surface area contributed by atoms with Crippen LogP contribution in [-0.4, -0.2) is 28.1 Å². The number of nitrogens with one attached hydrogen (secondary N) is 1. The number of aromatic hydroxyl groups is 1. The predicted molar refractivity (Wildman–Crippen MR) is 108 cm³/mol. The van der Waals surface area contributed by atoms with Gasteiger partial charge < -0.3 is 15.5 Å². The lowest BCUT2D eigenvalue weighted by atomic mass is 10.1. The molecule has 1 atom stereocenters. The molecule has 0 fully saturated rings. The molecule has 1 amide bonds. The minimum absolute atomic E-state index is 0.124. The first-order valence-electron chi connectivity index (χ1n) is 10.0. The van der Waals surface area contributed by atoms with E-state index in [4.69, 9.17) is 0 Å². The van der Waals surface area contributed by atoms with Gasteiger partial charge in [0, 0.05) is 6.42 Å². The van der Waals surface area contributed by atoms with E-state index < -0.39 is 12.0 Å². The molecule has 0 aromatic heterocycles. The lowest BCUT2D eigenvalue weighted by Gasteiger charge is -2.13. The third kappa shape index (κ3) is 11.1. The largest absolute Gasteiger partial charge is 0.508 e. The standard InChI is InChI=1S/C22H33NO4/c1-2-3-4-5-6-7-8-9-10-11-12-21(25)23-20(22(26)27)17-18-13-15-19(24)16-14-18/h11-16,20,24H,2-10,17H2,1H3,(H,23,25)(H,26,27)/t20-/m0/s1. The molecule has 1 rings (SSSR count). The Kier molecular flexibility index (Phi) is 11.7. The lowest BCUT2D eigenvalue weighted by Crippen LogP contribution is -2.41. The van der Waals surface area contributed by atoms with Gasteiger partial charge in [0.05, 0.1) is 0 Å². The molecule has 0 saturated heterocycles. The smallest absolute Gasteiger partial charge is 0.326 e. The summed E-state index contributed by atoms with van der Waals surface area (Å²) in [7, 11) is 0. The minimum Gasteiger partial charge on any atom is -0.508 e. The number of unbranched alkanes of at least 4 members (excludes halogenated alkanes) is 8. The van der Waals surface area contributed by atoms with Crippen LogP contribution in [0.3, 0.4) is 0 Å². The summed E-state index contributed by atoms with van der Waals surface area (Å²) in [5.74, 6) is -1.34. The zero-order chi connectivity index (χ0) is 19.9. The molecular formula is C22H33NO4. The van der Waals surface area contributed by atoms with Crippen LogP contribution in [0.1, 0.15) is 70.3 Å². The number of carboxylic acid groups (broad SMARTS) is 1. The highest BCUT2D eigenvalue weighted by Crippen LogP contribution is 2.12. The second kappa shape index (κ2) is 13.8. The van der Waals surface area contributed by atoms with Gasteiger partial charge in [-0.05, 0) is 36.6 Å². The Hall–Kier alpha value is -2.30. The molecule has 0 radical (unpaired) electrons. The Morgan fingerprint density at radius 2 is 1.59 bits per heavy atom. The Bertz CT molecular complexity index is 580. The number of hydrogen-bond donors (Lipinski definition) is 3. The highest BCUT2D eigenvalue weighted by Gasteiger charge is 2.19. The number of allylic oxidation sites excluding steroid dienone is 1. The number of phenols is 1. The van der Waals surface area contributed by atoms with Crippen molar-refractivity contribution in [1.29, 1.82) is 0 Å². The van der Waals surface area contributed by atoms with Gasteiger partial charge in [0.2, 0.25) is 5.91 Å². The third-order valence-electron chi connectivity index (χ3n) is 4.48. The SMILES string of the molecule is CCCCCCCCCCC=CC(=O)N[C@@H](Cc1ccc(O)cc1)C(=O)O. The van der Waals surface area contributed by atoms with Crippen molar-refractivity contribution in [3.8, 4) is 5.75 Å². The number of hydrogen-bond acceptors (Lipinski definition) is 3. The molecule has 0 aliphatic carbocycles. The van der Waals surface area contributed by atoms with E-state index >= 15 is 0 Å². The van der Waals surface area contributed by atoms with Crippen molar-refractivity contribution in [3.63, 3.8) is 0 Å². The van der Waals surface area contributed by atoms with E-state index in [1.165, 1.54) is 56.7 Å². The summed E-state index contributed by atoms with van der Waals surface area (Å²) in [6.07, 6.45) is 14.2. The first-order chi connectivity index (χ1) is 13.0. The number of carbonyl (C=O) groups excluding carboxylic acids is 1. The number of carbonyl (C=O) groups is 2. The van der Waals surface area contributed by atoms with Crippen molar-refractivity contribution < 1.29 is 19.8 Å². The zero-order valence-electron chi connectivity index (χ0n) is 16.3. The second-order valence-corrected chi connectivity index (χ2v) is 6.94. The van der Waals surface area contributed by atoms with Gasteiger partial charge in [-0.25, -0.2) is 4.79 Å². The quantitative estimate of drug-likeness (QED) is 0.328. The Morgan fingerprint density at radius 3 is 2.19 bits per heavy atom. The van der Waals surface area contributed by atoms with Crippen LogP contribution in [0.5, 0.6) is 5.75 Å². The number of aliphatic carboxylic acids is 1. The molecule has 1 aromatic carbocycles. The number of benzene rings is 1. The van der Waals surface area contributed by atoms with Gasteiger partial charge in [-0.1, -0.05) is 70.1 Å². The van der Waals surface area contributed by atoms with Crippen molar-refractivity contribution in [2.45, 2.75) is 77.2 Å². The average molecular weight is 376 g/mol. The monoisotopic (exact) mass is 375 g/mol. The van der Waals surface area contributed by atoms with Crippen LogP contribution in [0.15, 0.2) is 36.4 Å². The molecular weight excluding hydrogens is 342 g/mol. The summed E-state index contributed by atoms with van der Waals surface area (Å²) >= 11 is 0. The predicted octanol–water partition coefficient (Wildman–Crippen LogP) is 4.59. The molecule has 1 aromatic rings. The first kappa shape index (κ1) is 22.7. The van der Waals surface area contributed by atoms with Gasteiger partial charge in [-0.3, -0.25) is 4.79 Å². The van der Waals surface area contributed by atoms with E-state index in [2.05, 4.69) is 12.2 Å². The fourth-order valence-electron chi connectivity index (χ4n) is 2.87. The summed E-state index contributed by atoms with van der Waals surface area (Å²) in [4.78, 5) is 23.3. The molecule has 0 aliphatic rings. The van der Waals surface area contributed by atoms with Crippen molar-refractivity contribution >= 4 is 11.9 Å². The summed E-state index contributed by atoms with van der Waals surface area (Å²) in [5.41, 5.74) is 0.739. The van der Waals surface area contributed by atoms with Crippen LogP contribution in [0.2, 0.25) is 0 Å². The van der Waals surface area contributed by atoms with Gasteiger partial charge in [0.15, 0.2) is 0 Å². The van der Waals surface area contributed by atoms with Crippen molar-refractivity contribution in [1.82, 2.24) is 5.32 Å². The number of amides is 1. The Morgan fingerprint density at radius 1 is 1.00 bits per heavy atom. The molecule has 150 valence electrons. The van der Waals surface area contributed by atoms with Crippen LogP contribution in [0.4, 0.5) is 0 Å². The van der Waals surface area contributed by atoms with E-state index in [0.29, 0.717) is 0 Å². The highest BCUT2D eigenvalue weighted by molar-refractivity contribution is 5.91. The van der Waals surface area contributed by atoms with Crippen LogP contribution >= 0.6 is 0 Å². The van der Waals surface area contributed by atoms with Gasteiger partial charge >= 0.3 is 5.97 Å². The highest BCUT2D eigenvalue weighted by atomic mass is 16.4. The van der Waals surface area contributed by atoms with Crippen LogP contribution in [0, 0.1) is 0 Å². The molecule has 0 saturated carbocycles. The molecule has 27 heavy (non-hydrogen) atoms. The van der Waals surface area contributed by atoms with E-state index in [1.807, 2.05) is 6.08 Å². The van der Waals surface area contributed by atoms with Crippen LogP contribution < -0.4 is 5.32 Å². The topological polar surface area (TPSA) is 86.6 Å². The van der Waals surface area contributed by atoms with E-state index in [1.54, 1.807) is 12.1 Å². The van der Waals surface area contributed by atoms with Gasteiger partial charge in [0.25, 0.3) is 0 Å². The fourth-order valence-corrected chi connectivity index (χ4v) is 2.87. The average Bonchev–Trinajstić information content (AvgIpc) is 2.64. The Balaban J connectivity index is 2.24. The maximum absolute atomic E-state index is 11.9. The van der Waals surface area contributed by atoms with Crippen molar-refractivity contribution in [2.24, 2.45) is 0 Å². The van der Waals surface area contributed by atoms with Crippen molar-refractivity contribution in [2.75, 3.05) is 0 Å².